The molecule has 0 atom stereocenters. The molecule has 1 aromatic carbocycles. The molecule has 2 aromatic rings. The zero-order valence-corrected chi connectivity index (χ0v) is 10.7. The monoisotopic (exact) mass is 245 g/mol. The molecule has 0 saturated carbocycles. The average molecular weight is 245 g/mol. The van der Waals surface area contributed by atoms with Crippen LogP contribution >= 0.6 is 0 Å². The maximum Gasteiger partial charge on any atom is 0.328 e. The molecular weight excluding hydrogens is 226 g/mol. The van der Waals surface area contributed by atoms with Gasteiger partial charge in [-0.05, 0) is 18.6 Å². The number of anilines is 1. The molecule has 96 valence electrons. The Morgan fingerprint density at radius 1 is 1.06 bits per heavy atom. The molecule has 0 bridgehead atoms. The van der Waals surface area contributed by atoms with Gasteiger partial charge in [-0.2, -0.15) is 0 Å². The van der Waals surface area contributed by atoms with E-state index < -0.39 is 0 Å². The second-order valence-electron chi connectivity index (χ2n) is 4.26. The van der Waals surface area contributed by atoms with Gasteiger partial charge in [0.25, 0.3) is 0 Å². The highest BCUT2D eigenvalue weighted by molar-refractivity contribution is 5.42. The smallest absolute Gasteiger partial charge is 0.328 e. The maximum absolute atomic E-state index is 11.9. The van der Waals surface area contributed by atoms with Crippen molar-refractivity contribution in [1.82, 2.24) is 9.13 Å². The fourth-order valence-electron chi connectivity index (χ4n) is 1.91. The van der Waals surface area contributed by atoms with E-state index in [9.17, 15) is 4.79 Å². The highest BCUT2D eigenvalue weighted by atomic mass is 16.1. The molecule has 0 saturated heterocycles. The molecule has 0 aliphatic heterocycles. The Bertz CT molecular complexity index is 527. The van der Waals surface area contributed by atoms with Gasteiger partial charge in [-0.3, -0.25) is 9.13 Å². The lowest BCUT2D eigenvalue weighted by molar-refractivity contribution is 0.610. The lowest BCUT2D eigenvalue weighted by Gasteiger charge is -2.06. The van der Waals surface area contributed by atoms with E-state index in [0.717, 1.165) is 25.2 Å². The fraction of sp³-hybridized carbons (Fsp3) is 0.357. The molecule has 0 aliphatic carbocycles. The molecule has 0 aliphatic rings. The minimum Gasteiger partial charge on any atom is -0.383 e. The predicted octanol–water partition coefficient (Wildman–Crippen LogP) is 2.17. The van der Waals surface area contributed by atoms with Crippen LogP contribution < -0.4 is 11.0 Å². The van der Waals surface area contributed by atoms with Crippen LogP contribution in [0.4, 0.5) is 5.69 Å². The van der Waals surface area contributed by atoms with Crippen LogP contribution in [0.3, 0.4) is 0 Å². The molecule has 0 unspecified atom stereocenters. The van der Waals surface area contributed by atoms with E-state index in [1.807, 2.05) is 42.7 Å². The molecule has 0 amide bonds. The Hall–Kier alpha value is -1.97. The summed E-state index contributed by atoms with van der Waals surface area (Å²) in [7, 11) is 0. The first-order valence-electron chi connectivity index (χ1n) is 6.35. The molecule has 4 nitrogen and oxygen atoms in total. The number of aromatic nitrogens is 2. The van der Waals surface area contributed by atoms with Gasteiger partial charge in [0.1, 0.15) is 0 Å². The van der Waals surface area contributed by atoms with E-state index in [2.05, 4.69) is 12.2 Å². The van der Waals surface area contributed by atoms with E-state index in [4.69, 9.17) is 0 Å². The normalized spacial score (nSPS) is 10.5. The molecule has 18 heavy (non-hydrogen) atoms. The lowest BCUT2D eigenvalue weighted by atomic mass is 10.3. The van der Waals surface area contributed by atoms with Crippen molar-refractivity contribution in [1.29, 1.82) is 0 Å². The third-order valence-corrected chi connectivity index (χ3v) is 2.84. The summed E-state index contributed by atoms with van der Waals surface area (Å²) in [6, 6.07) is 10.0. The topological polar surface area (TPSA) is 39.0 Å². The van der Waals surface area contributed by atoms with Crippen LogP contribution in [0.5, 0.6) is 0 Å². The number of hydrogen-bond acceptors (Lipinski definition) is 2. The first-order valence-corrected chi connectivity index (χ1v) is 6.35. The Labute approximate surface area is 107 Å². The standard InChI is InChI=1S/C14H19N3O/c1-2-9-16-11-12-17(14(16)18)10-8-15-13-6-4-3-5-7-13/h3-7,11-12,15H,2,8-10H2,1H3. The van der Waals surface area contributed by atoms with Gasteiger partial charge in [0.15, 0.2) is 0 Å². The minimum atomic E-state index is 0.0757. The first-order chi connectivity index (χ1) is 8.81. The van der Waals surface area contributed by atoms with Crippen LogP contribution in [0.15, 0.2) is 47.5 Å². The molecule has 1 N–H and O–H groups in total. The summed E-state index contributed by atoms with van der Waals surface area (Å²) in [5.41, 5.74) is 1.16. The molecule has 0 radical (unpaired) electrons. The van der Waals surface area contributed by atoms with Crippen LogP contribution in [0, 0.1) is 0 Å². The van der Waals surface area contributed by atoms with Gasteiger partial charge in [0.2, 0.25) is 0 Å². The summed E-state index contributed by atoms with van der Waals surface area (Å²) in [6.07, 6.45) is 4.69. The molecule has 0 spiro atoms. The zero-order chi connectivity index (χ0) is 12.8. The van der Waals surface area contributed by atoms with Crippen LogP contribution in [0.2, 0.25) is 0 Å². The highest BCUT2D eigenvalue weighted by Gasteiger charge is 2.01. The average Bonchev–Trinajstić information content (AvgIpc) is 2.73. The summed E-state index contributed by atoms with van der Waals surface area (Å²) >= 11 is 0. The van der Waals surface area contributed by atoms with Gasteiger partial charge < -0.3 is 5.32 Å². The number of benzene rings is 1. The molecular formula is C14H19N3O. The zero-order valence-electron chi connectivity index (χ0n) is 10.7. The number of nitrogens with zero attached hydrogens (tertiary/aromatic N) is 2. The Kier molecular flexibility index (Phi) is 4.23. The highest BCUT2D eigenvalue weighted by Crippen LogP contribution is 2.03. The van der Waals surface area contributed by atoms with Crippen molar-refractivity contribution in [3.05, 3.63) is 53.2 Å². The molecule has 4 heteroatoms. The van der Waals surface area contributed by atoms with Crippen LogP contribution in [0.1, 0.15) is 13.3 Å². The van der Waals surface area contributed by atoms with Crippen molar-refractivity contribution < 1.29 is 0 Å². The van der Waals surface area contributed by atoms with Crippen molar-refractivity contribution >= 4 is 5.69 Å². The Morgan fingerprint density at radius 3 is 2.39 bits per heavy atom. The predicted molar refractivity (Wildman–Crippen MR) is 73.9 cm³/mol. The molecule has 2 rings (SSSR count). The molecule has 0 fully saturated rings. The fourth-order valence-corrected chi connectivity index (χ4v) is 1.91. The Balaban J connectivity index is 1.89. The van der Waals surface area contributed by atoms with Crippen molar-refractivity contribution in [3.63, 3.8) is 0 Å². The van der Waals surface area contributed by atoms with Crippen LogP contribution in [-0.4, -0.2) is 15.7 Å². The van der Waals surface area contributed by atoms with Crippen LogP contribution in [0.25, 0.3) is 0 Å². The van der Waals surface area contributed by atoms with Gasteiger partial charge in [0.05, 0.1) is 0 Å². The van der Waals surface area contributed by atoms with E-state index in [1.54, 1.807) is 9.13 Å². The third kappa shape index (κ3) is 3.03. The first kappa shape index (κ1) is 12.5. The summed E-state index contributed by atoms with van der Waals surface area (Å²) < 4.78 is 3.49. The van der Waals surface area contributed by atoms with E-state index in [-0.39, 0.29) is 5.69 Å². The maximum atomic E-state index is 11.9. The van der Waals surface area contributed by atoms with E-state index >= 15 is 0 Å². The van der Waals surface area contributed by atoms with Crippen molar-refractivity contribution in [2.24, 2.45) is 0 Å². The number of rotatable bonds is 6. The molecule has 1 heterocycles. The second-order valence-corrected chi connectivity index (χ2v) is 4.26. The third-order valence-electron chi connectivity index (χ3n) is 2.84. The van der Waals surface area contributed by atoms with Gasteiger partial charge in [-0.15, -0.1) is 0 Å². The number of hydrogen-bond donors (Lipinski definition) is 1. The minimum absolute atomic E-state index is 0.0757. The lowest BCUT2D eigenvalue weighted by Crippen LogP contribution is -2.26. The number of imidazole rings is 1. The SMILES string of the molecule is CCCn1ccn(CCNc2ccccc2)c1=O. The van der Waals surface area contributed by atoms with E-state index in [0.29, 0.717) is 6.54 Å². The van der Waals surface area contributed by atoms with Crippen molar-refractivity contribution in [2.45, 2.75) is 26.4 Å². The summed E-state index contributed by atoms with van der Waals surface area (Å²) in [4.78, 5) is 11.9. The molecule has 1 aromatic heterocycles. The van der Waals surface area contributed by atoms with Gasteiger partial charge >= 0.3 is 5.69 Å². The van der Waals surface area contributed by atoms with Crippen LogP contribution in [-0.2, 0) is 13.1 Å². The Morgan fingerprint density at radius 2 is 1.72 bits per heavy atom. The van der Waals surface area contributed by atoms with Gasteiger partial charge in [0, 0.05) is 37.7 Å². The number of para-hydroxylation sites is 1. The van der Waals surface area contributed by atoms with Gasteiger partial charge in [-0.25, -0.2) is 4.79 Å². The van der Waals surface area contributed by atoms with Crippen molar-refractivity contribution in [3.8, 4) is 0 Å². The van der Waals surface area contributed by atoms with Crippen molar-refractivity contribution in [2.75, 3.05) is 11.9 Å². The largest absolute Gasteiger partial charge is 0.383 e. The summed E-state index contributed by atoms with van der Waals surface area (Å²) in [6.45, 7) is 4.29. The second kappa shape index (κ2) is 6.10. The van der Waals surface area contributed by atoms with Gasteiger partial charge in [-0.1, -0.05) is 25.1 Å². The van der Waals surface area contributed by atoms with E-state index in [1.165, 1.54) is 0 Å². The summed E-state index contributed by atoms with van der Waals surface area (Å²) in [5.74, 6) is 0. The quantitative estimate of drug-likeness (QED) is 0.847. The summed E-state index contributed by atoms with van der Waals surface area (Å²) in [5, 5.41) is 3.29. The number of aryl methyl sites for hydroxylation is 1. The number of nitrogens with one attached hydrogen (secondary N) is 1.